The van der Waals surface area contributed by atoms with Gasteiger partial charge in [0.1, 0.15) is 5.82 Å². The summed E-state index contributed by atoms with van der Waals surface area (Å²) in [6.07, 6.45) is 4.10. The minimum Gasteiger partial charge on any atom is -0.369 e. The summed E-state index contributed by atoms with van der Waals surface area (Å²) in [6.45, 7) is 5.67. The fourth-order valence-electron chi connectivity index (χ4n) is 2.38. The third kappa shape index (κ3) is 4.31. The predicted molar refractivity (Wildman–Crippen MR) is 94.6 cm³/mol. The van der Waals surface area contributed by atoms with Gasteiger partial charge in [-0.2, -0.15) is 4.98 Å². The lowest BCUT2D eigenvalue weighted by Crippen LogP contribution is -2.25. The number of nitrogens with zero attached hydrogens (tertiary/aromatic N) is 2. The summed E-state index contributed by atoms with van der Waals surface area (Å²) in [4.78, 5) is 21.0. The Morgan fingerprint density at radius 1 is 1.13 bits per heavy atom. The molecule has 2 rings (SSSR count). The van der Waals surface area contributed by atoms with Gasteiger partial charge in [-0.25, -0.2) is 4.98 Å². The quantitative estimate of drug-likeness (QED) is 0.651. The van der Waals surface area contributed by atoms with Gasteiger partial charge in [0.25, 0.3) is 5.91 Å². The zero-order valence-corrected chi connectivity index (χ0v) is 13.9. The van der Waals surface area contributed by atoms with Crippen LogP contribution in [-0.4, -0.2) is 29.0 Å². The lowest BCUT2D eigenvalue weighted by Gasteiger charge is -2.13. The van der Waals surface area contributed by atoms with E-state index in [2.05, 4.69) is 34.4 Å². The summed E-state index contributed by atoms with van der Waals surface area (Å²) < 4.78 is 0. The second kappa shape index (κ2) is 8.31. The molecule has 0 atom stereocenters. The Morgan fingerprint density at radius 2 is 1.87 bits per heavy atom. The summed E-state index contributed by atoms with van der Waals surface area (Å²) in [7, 11) is 0. The fraction of sp³-hybridized carbons (Fsp3) is 0.471. The van der Waals surface area contributed by atoms with E-state index in [0.29, 0.717) is 23.4 Å². The summed E-state index contributed by atoms with van der Waals surface area (Å²) in [5.41, 5.74) is 7.05. The predicted octanol–water partition coefficient (Wildman–Crippen LogP) is 2.95. The van der Waals surface area contributed by atoms with Crippen LogP contribution in [0.15, 0.2) is 18.2 Å². The lowest BCUT2D eigenvalue weighted by molar-refractivity contribution is 0.0955. The van der Waals surface area contributed by atoms with Crippen molar-refractivity contribution in [2.24, 2.45) is 0 Å². The third-order valence-corrected chi connectivity index (χ3v) is 3.62. The molecule has 23 heavy (non-hydrogen) atoms. The minimum atomic E-state index is -0.101. The first-order chi connectivity index (χ1) is 11.2. The van der Waals surface area contributed by atoms with Crippen LogP contribution in [-0.2, 0) is 0 Å². The van der Waals surface area contributed by atoms with E-state index in [1.54, 1.807) is 6.07 Å². The number of hydrogen-bond donors (Lipinski definition) is 3. The average Bonchev–Trinajstić information content (AvgIpc) is 2.54. The van der Waals surface area contributed by atoms with Gasteiger partial charge in [-0.3, -0.25) is 4.79 Å². The number of nitrogen functional groups attached to an aromatic ring is 1. The SMILES string of the molecule is CCCCNC(=O)c1cccc2nc(N)nc(NCCCC)c12. The average molecular weight is 315 g/mol. The molecule has 1 heterocycles. The molecule has 0 aliphatic heterocycles. The van der Waals surface area contributed by atoms with Crippen LogP contribution in [0, 0.1) is 0 Å². The largest absolute Gasteiger partial charge is 0.369 e. The van der Waals surface area contributed by atoms with Crippen molar-refractivity contribution >= 4 is 28.6 Å². The van der Waals surface area contributed by atoms with E-state index in [1.807, 2.05) is 12.1 Å². The molecule has 6 nitrogen and oxygen atoms in total. The van der Waals surface area contributed by atoms with Crippen LogP contribution < -0.4 is 16.4 Å². The topological polar surface area (TPSA) is 92.9 Å². The van der Waals surface area contributed by atoms with Gasteiger partial charge in [-0.15, -0.1) is 0 Å². The maximum Gasteiger partial charge on any atom is 0.252 e. The maximum absolute atomic E-state index is 12.5. The molecule has 0 saturated carbocycles. The highest BCUT2D eigenvalue weighted by Crippen LogP contribution is 2.25. The third-order valence-electron chi connectivity index (χ3n) is 3.62. The highest BCUT2D eigenvalue weighted by atomic mass is 16.1. The lowest BCUT2D eigenvalue weighted by atomic mass is 10.1. The van der Waals surface area contributed by atoms with E-state index in [9.17, 15) is 4.79 Å². The van der Waals surface area contributed by atoms with Gasteiger partial charge in [0, 0.05) is 13.1 Å². The molecule has 6 heteroatoms. The van der Waals surface area contributed by atoms with E-state index in [0.717, 1.165) is 37.6 Å². The van der Waals surface area contributed by atoms with E-state index in [1.165, 1.54) is 0 Å². The van der Waals surface area contributed by atoms with Crippen LogP contribution in [0.25, 0.3) is 10.9 Å². The molecule has 0 saturated heterocycles. The second-order valence-electron chi connectivity index (χ2n) is 5.52. The molecular weight excluding hydrogens is 290 g/mol. The Labute approximate surface area is 136 Å². The zero-order valence-electron chi connectivity index (χ0n) is 13.9. The number of fused-ring (bicyclic) bond motifs is 1. The normalized spacial score (nSPS) is 10.7. The molecule has 2 aromatic rings. The van der Waals surface area contributed by atoms with E-state index >= 15 is 0 Å². The van der Waals surface area contributed by atoms with E-state index in [-0.39, 0.29) is 11.9 Å². The molecule has 0 fully saturated rings. The first kappa shape index (κ1) is 17.0. The summed E-state index contributed by atoms with van der Waals surface area (Å²) >= 11 is 0. The standard InChI is InChI=1S/C17H25N5O/c1-3-5-10-19-15-14-12(16(23)20-11-6-4-2)8-7-9-13(14)21-17(18)22-15/h7-9H,3-6,10-11H2,1-2H3,(H,20,23)(H3,18,19,21,22). The summed E-state index contributed by atoms with van der Waals surface area (Å²) in [5, 5.41) is 6.96. The molecule has 0 bridgehead atoms. The fourth-order valence-corrected chi connectivity index (χ4v) is 2.38. The number of amides is 1. The highest BCUT2D eigenvalue weighted by molar-refractivity contribution is 6.10. The van der Waals surface area contributed by atoms with E-state index in [4.69, 9.17) is 5.73 Å². The molecule has 0 aliphatic carbocycles. The van der Waals surface area contributed by atoms with Crippen LogP contribution in [0.2, 0.25) is 0 Å². The van der Waals surface area contributed by atoms with Crippen molar-refractivity contribution in [2.45, 2.75) is 39.5 Å². The number of carbonyl (C=O) groups is 1. The number of unbranched alkanes of at least 4 members (excludes halogenated alkanes) is 2. The minimum absolute atomic E-state index is 0.101. The van der Waals surface area contributed by atoms with Gasteiger partial charge in [0.2, 0.25) is 5.95 Å². The Morgan fingerprint density at radius 3 is 2.61 bits per heavy atom. The molecule has 1 aromatic heterocycles. The van der Waals surface area contributed by atoms with Crippen LogP contribution in [0.5, 0.6) is 0 Å². The molecule has 1 aromatic carbocycles. The number of nitrogens with one attached hydrogen (secondary N) is 2. The Hall–Kier alpha value is -2.37. The van der Waals surface area contributed by atoms with Crippen molar-refractivity contribution in [1.29, 1.82) is 0 Å². The van der Waals surface area contributed by atoms with E-state index < -0.39 is 0 Å². The van der Waals surface area contributed by atoms with Crippen LogP contribution in [0.3, 0.4) is 0 Å². The maximum atomic E-state index is 12.5. The van der Waals surface area contributed by atoms with Crippen LogP contribution in [0.4, 0.5) is 11.8 Å². The van der Waals surface area contributed by atoms with Gasteiger partial charge < -0.3 is 16.4 Å². The molecule has 1 amide bonds. The molecule has 124 valence electrons. The van der Waals surface area contributed by atoms with Gasteiger partial charge in [-0.05, 0) is 25.0 Å². The van der Waals surface area contributed by atoms with Gasteiger partial charge >= 0.3 is 0 Å². The Kier molecular flexibility index (Phi) is 6.14. The first-order valence-corrected chi connectivity index (χ1v) is 8.25. The van der Waals surface area contributed by atoms with Crippen molar-refractivity contribution < 1.29 is 4.79 Å². The number of nitrogens with two attached hydrogens (primary N) is 1. The molecule has 0 spiro atoms. The Balaban J connectivity index is 2.38. The smallest absolute Gasteiger partial charge is 0.252 e. The summed E-state index contributed by atoms with van der Waals surface area (Å²) in [6, 6.07) is 5.47. The van der Waals surface area contributed by atoms with Crippen molar-refractivity contribution in [3.8, 4) is 0 Å². The zero-order chi connectivity index (χ0) is 16.7. The number of anilines is 2. The molecule has 0 aliphatic rings. The number of carbonyl (C=O) groups excluding carboxylic acids is 1. The number of hydrogen-bond acceptors (Lipinski definition) is 5. The number of aromatic nitrogens is 2. The van der Waals surface area contributed by atoms with Gasteiger partial charge in [-0.1, -0.05) is 32.8 Å². The number of rotatable bonds is 8. The van der Waals surface area contributed by atoms with Crippen LogP contribution in [0.1, 0.15) is 49.9 Å². The first-order valence-electron chi connectivity index (χ1n) is 8.25. The van der Waals surface area contributed by atoms with Gasteiger partial charge in [0.05, 0.1) is 16.5 Å². The van der Waals surface area contributed by atoms with Crippen molar-refractivity contribution in [1.82, 2.24) is 15.3 Å². The van der Waals surface area contributed by atoms with Crippen molar-refractivity contribution in [2.75, 3.05) is 24.1 Å². The summed E-state index contributed by atoms with van der Waals surface area (Å²) in [5.74, 6) is 0.734. The second-order valence-corrected chi connectivity index (χ2v) is 5.52. The molecule has 4 N–H and O–H groups in total. The highest BCUT2D eigenvalue weighted by Gasteiger charge is 2.15. The monoisotopic (exact) mass is 315 g/mol. The molecule has 0 unspecified atom stereocenters. The van der Waals surface area contributed by atoms with Crippen molar-refractivity contribution in [3.63, 3.8) is 0 Å². The molecule has 0 radical (unpaired) electrons. The molecular formula is C17H25N5O. The Bertz CT molecular complexity index is 671. The van der Waals surface area contributed by atoms with Crippen molar-refractivity contribution in [3.05, 3.63) is 23.8 Å². The van der Waals surface area contributed by atoms with Gasteiger partial charge in [0.15, 0.2) is 0 Å². The van der Waals surface area contributed by atoms with Crippen LogP contribution >= 0.6 is 0 Å². The number of benzene rings is 1.